The number of hydrogen-bond acceptors (Lipinski definition) is 7. The average Bonchev–Trinajstić information content (AvgIpc) is 3.14. The maximum absolute atomic E-state index is 13.4. The number of rotatable bonds is 8. The number of methoxy groups -OCH3 is 2. The summed E-state index contributed by atoms with van der Waals surface area (Å²) in [7, 11) is 0.723. The standard InChI is InChI=1S/C24H37NO7Si/c1-23(2,3)18-13-24(32-33(6)7,14-19(20(26)29-4)21(27)30-5)25(15-18)22(28)31-16-17-11-9-8-10-12-17/h8-12,18-19,33H,13-16H2,1-7H3/t18-,24+/m0/s1. The molecule has 0 radical (unpaired) electrons. The Morgan fingerprint density at radius 1 is 1.09 bits per heavy atom. The minimum atomic E-state index is -1.72. The molecular formula is C24H37NO7Si. The third-order valence-electron chi connectivity index (χ3n) is 6.06. The number of carbonyl (C=O) groups excluding carboxylic acids is 3. The summed E-state index contributed by atoms with van der Waals surface area (Å²) >= 11 is 0. The van der Waals surface area contributed by atoms with Crippen LogP contribution in [0.25, 0.3) is 0 Å². The molecule has 9 heteroatoms. The molecular weight excluding hydrogens is 442 g/mol. The Morgan fingerprint density at radius 3 is 2.15 bits per heavy atom. The van der Waals surface area contributed by atoms with Crippen molar-refractivity contribution in [3.8, 4) is 0 Å². The highest BCUT2D eigenvalue weighted by molar-refractivity contribution is 6.48. The van der Waals surface area contributed by atoms with E-state index in [0.29, 0.717) is 13.0 Å². The molecule has 1 fully saturated rings. The van der Waals surface area contributed by atoms with Crippen molar-refractivity contribution >= 4 is 27.1 Å². The fourth-order valence-corrected chi connectivity index (χ4v) is 5.42. The third-order valence-corrected chi connectivity index (χ3v) is 6.97. The van der Waals surface area contributed by atoms with E-state index in [1.165, 1.54) is 14.2 Å². The van der Waals surface area contributed by atoms with Crippen molar-refractivity contribution in [1.29, 1.82) is 0 Å². The van der Waals surface area contributed by atoms with Gasteiger partial charge in [-0.25, -0.2) is 4.79 Å². The minimum absolute atomic E-state index is 0.0510. The van der Waals surface area contributed by atoms with Gasteiger partial charge in [0.05, 0.1) is 14.2 Å². The Hall–Kier alpha value is -2.39. The Kier molecular flexibility index (Phi) is 9.08. The van der Waals surface area contributed by atoms with Crippen LogP contribution in [0.4, 0.5) is 4.79 Å². The number of hydrogen-bond donors (Lipinski definition) is 0. The Bertz CT molecular complexity index is 808. The second-order valence-electron chi connectivity index (χ2n) is 9.83. The Balaban J connectivity index is 2.42. The van der Waals surface area contributed by atoms with Gasteiger partial charge in [-0.1, -0.05) is 51.1 Å². The molecule has 0 unspecified atom stereocenters. The van der Waals surface area contributed by atoms with Gasteiger partial charge in [0.15, 0.2) is 15.0 Å². The monoisotopic (exact) mass is 479 g/mol. The molecule has 2 atom stereocenters. The highest BCUT2D eigenvalue weighted by Gasteiger charge is 2.55. The topological polar surface area (TPSA) is 91.4 Å². The van der Waals surface area contributed by atoms with Crippen molar-refractivity contribution in [2.75, 3.05) is 20.8 Å². The van der Waals surface area contributed by atoms with Crippen LogP contribution in [0.5, 0.6) is 0 Å². The first-order valence-corrected chi connectivity index (χ1v) is 14.0. The lowest BCUT2D eigenvalue weighted by Crippen LogP contribution is -2.54. The Labute approximate surface area is 198 Å². The van der Waals surface area contributed by atoms with E-state index in [0.717, 1.165) is 5.56 Å². The molecule has 0 saturated carbocycles. The molecule has 8 nitrogen and oxygen atoms in total. The molecule has 1 heterocycles. The van der Waals surface area contributed by atoms with E-state index in [4.69, 9.17) is 18.6 Å². The van der Waals surface area contributed by atoms with Gasteiger partial charge in [0.2, 0.25) is 0 Å². The van der Waals surface area contributed by atoms with Crippen LogP contribution in [0.3, 0.4) is 0 Å². The lowest BCUT2D eigenvalue weighted by molar-refractivity contribution is -0.165. The first-order chi connectivity index (χ1) is 15.4. The van der Waals surface area contributed by atoms with E-state index in [1.807, 2.05) is 43.4 Å². The average molecular weight is 480 g/mol. The van der Waals surface area contributed by atoms with Gasteiger partial charge in [0.25, 0.3) is 0 Å². The molecule has 0 N–H and O–H groups in total. The normalized spacial score (nSPS) is 20.8. The van der Waals surface area contributed by atoms with Gasteiger partial charge in [-0.3, -0.25) is 14.5 Å². The van der Waals surface area contributed by atoms with Gasteiger partial charge in [-0.2, -0.15) is 0 Å². The number of likely N-dealkylation sites (tertiary alicyclic amines) is 1. The van der Waals surface area contributed by atoms with Crippen LogP contribution in [0.1, 0.15) is 39.2 Å². The summed E-state index contributed by atoms with van der Waals surface area (Å²) in [5, 5.41) is 0. The van der Waals surface area contributed by atoms with Gasteiger partial charge in [-0.05, 0) is 36.4 Å². The van der Waals surface area contributed by atoms with Crippen LogP contribution >= 0.6 is 0 Å². The molecule has 1 aromatic carbocycles. The highest BCUT2D eigenvalue weighted by Crippen LogP contribution is 2.46. The zero-order valence-corrected chi connectivity index (χ0v) is 21.9. The molecule has 0 aromatic heterocycles. The first-order valence-electron chi connectivity index (χ1n) is 11.2. The minimum Gasteiger partial charge on any atom is -0.468 e. The van der Waals surface area contributed by atoms with E-state index in [-0.39, 0.29) is 24.4 Å². The summed E-state index contributed by atoms with van der Waals surface area (Å²) in [6, 6.07) is 9.41. The van der Waals surface area contributed by atoms with Crippen LogP contribution in [-0.2, 0) is 34.8 Å². The SMILES string of the molecule is COC(=O)C(C[C@]1(O[SiH](C)C)C[C@H](C(C)(C)C)CN1C(=O)OCc1ccccc1)C(=O)OC. The van der Waals surface area contributed by atoms with Crippen molar-refractivity contribution in [2.45, 2.75) is 59.0 Å². The van der Waals surface area contributed by atoms with E-state index in [1.54, 1.807) is 4.90 Å². The molecule has 2 rings (SSSR count). The summed E-state index contributed by atoms with van der Waals surface area (Å²) in [5.74, 6) is -2.57. The zero-order valence-electron chi connectivity index (χ0n) is 20.8. The fraction of sp³-hybridized carbons (Fsp3) is 0.625. The van der Waals surface area contributed by atoms with Crippen LogP contribution in [0, 0.1) is 17.3 Å². The second kappa shape index (κ2) is 11.2. The lowest BCUT2D eigenvalue weighted by Gasteiger charge is -2.40. The van der Waals surface area contributed by atoms with Gasteiger partial charge >= 0.3 is 18.0 Å². The molecule has 0 spiro atoms. The second-order valence-corrected chi connectivity index (χ2v) is 12.2. The van der Waals surface area contributed by atoms with Crippen molar-refractivity contribution < 1.29 is 33.0 Å². The number of ether oxygens (including phenoxy) is 3. The quantitative estimate of drug-likeness (QED) is 0.243. The van der Waals surface area contributed by atoms with Crippen LogP contribution in [0.15, 0.2) is 30.3 Å². The van der Waals surface area contributed by atoms with E-state index >= 15 is 0 Å². The predicted molar refractivity (Wildman–Crippen MR) is 126 cm³/mol. The maximum atomic E-state index is 13.4. The first kappa shape index (κ1) is 26.9. The summed E-state index contributed by atoms with van der Waals surface area (Å²) in [5.41, 5.74) is -0.434. The zero-order chi connectivity index (χ0) is 24.8. The fourth-order valence-electron chi connectivity index (χ4n) is 4.22. The number of nitrogens with zero attached hydrogens (tertiary/aromatic N) is 1. The van der Waals surface area contributed by atoms with Crippen LogP contribution in [0.2, 0.25) is 13.1 Å². The molecule has 1 aliphatic rings. The number of carbonyl (C=O) groups is 3. The molecule has 1 aliphatic heterocycles. The number of esters is 2. The largest absolute Gasteiger partial charge is 0.468 e. The van der Waals surface area contributed by atoms with Crippen molar-refractivity contribution in [3.05, 3.63) is 35.9 Å². The molecule has 1 aromatic rings. The molecule has 1 amide bonds. The van der Waals surface area contributed by atoms with Crippen LogP contribution in [-0.4, -0.2) is 58.5 Å². The number of benzene rings is 1. The summed E-state index contributed by atoms with van der Waals surface area (Å²) in [6.45, 7) is 10.8. The predicted octanol–water partition coefficient (Wildman–Crippen LogP) is 3.74. The summed E-state index contributed by atoms with van der Waals surface area (Å²) in [4.78, 5) is 39.9. The molecule has 0 aliphatic carbocycles. The smallest absolute Gasteiger partial charge is 0.412 e. The summed E-state index contributed by atoms with van der Waals surface area (Å²) < 4.78 is 21.9. The lowest BCUT2D eigenvalue weighted by atomic mass is 9.78. The van der Waals surface area contributed by atoms with Crippen molar-refractivity contribution in [3.63, 3.8) is 0 Å². The van der Waals surface area contributed by atoms with Crippen LogP contribution < -0.4 is 0 Å². The van der Waals surface area contributed by atoms with Gasteiger partial charge in [-0.15, -0.1) is 0 Å². The highest BCUT2D eigenvalue weighted by atomic mass is 28.3. The van der Waals surface area contributed by atoms with Crippen molar-refractivity contribution in [2.24, 2.45) is 17.3 Å². The molecule has 1 saturated heterocycles. The van der Waals surface area contributed by atoms with Gasteiger partial charge in [0, 0.05) is 13.0 Å². The third kappa shape index (κ3) is 6.80. The van der Waals surface area contributed by atoms with Crippen molar-refractivity contribution in [1.82, 2.24) is 4.90 Å². The van der Waals surface area contributed by atoms with E-state index in [9.17, 15) is 14.4 Å². The number of amides is 1. The molecule has 184 valence electrons. The molecule has 33 heavy (non-hydrogen) atoms. The summed E-state index contributed by atoms with van der Waals surface area (Å²) in [6.07, 6.45) is -0.106. The van der Waals surface area contributed by atoms with E-state index < -0.39 is 38.7 Å². The maximum Gasteiger partial charge on any atom is 0.412 e. The van der Waals surface area contributed by atoms with Gasteiger partial charge < -0.3 is 18.6 Å². The van der Waals surface area contributed by atoms with E-state index in [2.05, 4.69) is 20.8 Å². The van der Waals surface area contributed by atoms with Gasteiger partial charge in [0.1, 0.15) is 12.3 Å². The molecule has 0 bridgehead atoms. The Morgan fingerprint density at radius 2 is 1.67 bits per heavy atom.